The van der Waals surface area contributed by atoms with Gasteiger partial charge in [-0.05, 0) is 47.6 Å². The van der Waals surface area contributed by atoms with Gasteiger partial charge in [-0.2, -0.15) is 0 Å². The summed E-state index contributed by atoms with van der Waals surface area (Å²) in [5, 5.41) is 0.434. The largest absolute Gasteiger partial charge is 0.0839 e. The molecule has 0 N–H and O–H groups in total. The molecule has 128 valence electrons. The summed E-state index contributed by atoms with van der Waals surface area (Å²) in [5.41, 5.74) is 3.71. The fourth-order valence-electron chi connectivity index (χ4n) is 6.54. The minimum atomic E-state index is 0.297. The first-order valence-corrected chi connectivity index (χ1v) is 11.0. The van der Waals surface area contributed by atoms with E-state index < -0.39 is 0 Å². The van der Waals surface area contributed by atoms with Gasteiger partial charge in [-0.25, -0.2) is 0 Å². The Morgan fingerprint density at radius 3 is 2.46 bits per heavy atom. The second-order valence-corrected chi connectivity index (χ2v) is 10.4. The molecular formula is C23H32Si. The van der Waals surface area contributed by atoms with E-state index in [9.17, 15) is 0 Å². The first-order valence-electron chi connectivity index (χ1n) is 10.0. The van der Waals surface area contributed by atoms with E-state index in [4.69, 9.17) is 0 Å². The van der Waals surface area contributed by atoms with Crippen LogP contribution in [0.3, 0.4) is 0 Å². The minimum Gasteiger partial charge on any atom is -0.0839 e. The summed E-state index contributed by atoms with van der Waals surface area (Å²) in [5.74, 6) is 2.39. The van der Waals surface area contributed by atoms with Crippen LogP contribution in [0.25, 0.3) is 0 Å². The molecule has 0 amide bonds. The van der Waals surface area contributed by atoms with Gasteiger partial charge in [0.1, 0.15) is 0 Å². The summed E-state index contributed by atoms with van der Waals surface area (Å²) in [6.07, 6.45) is 15.8. The molecule has 3 aliphatic carbocycles. The maximum absolute atomic E-state index is 2.62. The van der Waals surface area contributed by atoms with Crippen molar-refractivity contribution >= 4 is 10.2 Å². The highest BCUT2D eigenvalue weighted by molar-refractivity contribution is 6.19. The molecule has 1 aromatic carbocycles. The molecule has 3 aliphatic rings. The van der Waals surface area contributed by atoms with E-state index in [1.807, 2.05) is 5.57 Å². The van der Waals surface area contributed by atoms with Crippen molar-refractivity contribution in [3.05, 3.63) is 59.7 Å². The maximum Gasteiger partial charge on any atom is 0.0173 e. The molecule has 0 aromatic heterocycles. The summed E-state index contributed by atoms with van der Waals surface area (Å²) < 4.78 is 0. The van der Waals surface area contributed by atoms with Crippen molar-refractivity contribution < 1.29 is 0 Å². The number of rotatable bonds is 2. The van der Waals surface area contributed by atoms with Crippen LogP contribution in [0, 0.1) is 17.8 Å². The van der Waals surface area contributed by atoms with Crippen molar-refractivity contribution in [3.8, 4) is 0 Å². The first-order chi connectivity index (χ1) is 11.6. The van der Waals surface area contributed by atoms with Crippen molar-refractivity contribution in [1.82, 2.24) is 0 Å². The third-order valence-electron chi connectivity index (χ3n) is 8.19. The molecule has 2 fully saturated rings. The Labute approximate surface area is 150 Å². The zero-order chi connectivity index (χ0) is 16.8. The van der Waals surface area contributed by atoms with Gasteiger partial charge in [0.05, 0.1) is 0 Å². The highest BCUT2D eigenvalue weighted by Crippen LogP contribution is 2.71. The monoisotopic (exact) mass is 336 g/mol. The van der Waals surface area contributed by atoms with Crippen LogP contribution in [0.1, 0.15) is 57.9 Å². The Hall–Kier alpha value is -1.08. The summed E-state index contributed by atoms with van der Waals surface area (Å²) in [6, 6.07) is 11.5. The van der Waals surface area contributed by atoms with Crippen LogP contribution in [-0.2, 0) is 5.41 Å². The van der Waals surface area contributed by atoms with Gasteiger partial charge >= 0.3 is 0 Å². The van der Waals surface area contributed by atoms with E-state index in [0.29, 0.717) is 10.5 Å². The second-order valence-electron chi connectivity index (χ2n) is 8.79. The third kappa shape index (κ3) is 2.10. The number of benzene rings is 1. The van der Waals surface area contributed by atoms with Gasteiger partial charge < -0.3 is 0 Å². The first kappa shape index (κ1) is 16.4. The predicted octanol–water partition coefficient (Wildman–Crippen LogP) is 5.20. The number of hydrogen-bond donors (Lipinski definition) is 0. The highest BCUT2D eigenvalue weighted by atomic mass is 28.1. The molecule has 2 saturated carbocycles. The molecular weight excluding hydrogens is 304 g/mol. The molecule has 0 bridgehead atoms. The van der Waals surface area contributed by atoms with Gasteiger partial charge in [-0.3, -0.25) is 0 Å². The Morgan fingerprint density at radius 1 is 1.04 bits per heavy atom. The van der Waals surface area contributed by atoms with Gasteiger partial charge in [0.15, 0.2) is 0 Å². The van der Waals surface area contributed by atoms with E-state index >= 15 is 0 Å². The molecule has 4 unspecified atom stereocenters. The Kier molecular flexibility index (Phi) is 4.11. The Morgan fingerprint density at radius 2 is 1.75 bits per heavy atom. The standard InChI is InChI=1S/C23H32Si/c1-17-20-15-9-10-16-21(20)23(24,19-13-7-4-8-14-19)22(17,2)18-11-5-3-6-12-18/h3,5-6,9-12,16-17,19-20H,4,7-8,13-15H2,1-2,24H3. The molecule has 1 aromatic rings. The van der Waals surface area contributed by atoms with Crippen molar-refractivity contribution in [2.75, 3.05) is 0 Å². The van der Waals surface area contributed by atoms with Gasteiger partial charge in [-0.1, -0.05) is 87.2 Å². The zero-order valence-electron chi connectivity index (χ0n) is 15.6. The van der Waals surface area contributed by atoms with Crippen LogP contribution in [0.5, 0.6) is 0 Å². The average Bonchev–Trinajstić information content (AvgIpc) is 2.84. The van der Waals surface area contributed by atoms with E-state index in [0.717, 1.165) is 17.8 Å². The summed E-state index contributed by atoms with van der Waals surface area (Å²) in [7, 11) is 1.27. The molecule has 1 heteroatoms. The lowest BCUT2D eigenvalue weighted by Gasteiger charge is -2.51. The van der Waals surface area contributed by atoms with Gasteiger partial charge in [0, 0.05) is 15.7 Å². The van der Waals surface area contributed by atoms with Gasteiger partial charge in [-0.15, -0.1) is 0 Å². The van der Waals surface area contributed by atoms with Crippen LogP contribution >= 0.6 is 0 Å². The third-order valence-corrected chi connectivity index (χ3v) is 10.6. The second kappa shape index (κ2) is 6.02. The minimum absolute atomic E-state index is 0.297. The maximum atomic E-state index is 2.62. The molecule has 0 radical (unpaired) electrons. The molecule has 0 aliphatic heterocycles. The van der Waals surface area contributed by atoms with E-state index in [-0.39, 0.29) is 0 Å². The van der Waals surface area contributed by atoms with Crippen LogP contribution in [0.2, 0.25) is 5.04 Å². The molecule has 0 saturated heterocycles. The van der Waals surface area contributed by atoms with Crippen molar-refractivity contribution in [2.24, 2.45) is 17.8 Å². The molecule has 4 atom stereocenters. The lowest BCUT2D eigenvalue weighted by molar-refractivity contribution is 0.190. The number of fused-ring (bicyclic) bond motifs is 1. The molecule has 4 rings (SSSR count). The van der Waals surface area contributed by atoms with Crippen molar-refractivity contribution in [1.29, 1.82) is 0 Å². The van der Waals surface area contributed by atoms with Gasteiger partial charge in [0.2, 0.25) is 0 Å². The number of allylic oxidation sites excluding steroid dienone is 4. The number of hydrogen-bond acceptors (Lipinski definition) is 0. The smallest absolute Gasteiger partial charge is 0.0173 e. The summed E-state index contributed by atoms with van der Waals surface area (Å²) >= 11 is 0. The van der Waals surface area contributed by atoms with Crippen LogP contribution in [0.4, 0.5) is 0 Å². The van der Waals surface area contributed by atoms with Crippen LogP contribution < -0.4 is 0 Å². The highest BCUT2D eigenvalue weighted by Gasteiger charge is 2.62. The molecule has 0 heterocycles. The lowest BCUT2D eigenvalue weighted by Crippen LogP contribution is -2.43. The summed E-state index contributed by atoms with van der Waals surface area (Å²) in [6.45, 7) is 5.17. The lowest BCUT2D eigenvalue weighted by atomic mass is 9.61. The van der Waals surface area contributed by atoms with Crippen LogP contribution in [-0.4, -0.2) is 10.2 Å². The molecule has 24 heavy (non-hydrogen) atoms. The fraction of sp³-hybridized carbons (Fsp3) is 0.565. The SMILES string of the molecule is CC1C2CC=CC=C2C([SiH3])(C2CCCCC2)C1(C)c1ccccc1. The van der Waals surface area contributed by atoms with E-state index in [1.165, 1.54) is 48.8 Å². The Balaban J connectivity index is 1.89. The molecule has 0 nitrogen and oxygen atoms in total. The fourth-order valence-corrected chi connectivity index (χ4v) is 8.40. The van der Waals surface area contributed by atoms with E-state index in [1.54, 1.807) is 5.56 Å². The molecule has 0 spiro atoms. The zero-order valence-corrected chi connectivity index (χ0v) is 17.6. The summed E-state index contributed by atoms with van der Waals surface area (Å²) in [4.78, 5) is 0. The Bertz CT molecular complexity index is 652. The van der Waals surface area contributed by atoms with Gasteiger partial charge in [0.25, 0.3) is 0 Å². The topological polar surface area (TPSA) is 0 Å². The van der Waals surface area contributed by atoms with Crippen molar-refractivity contribution in [2.45, 2.75) is 62.8 Å². The van der Waals surface area contributed by atoms with Crippen molar-refractivity contribution in [3.63, 3.8) is 0 Å². The quantitative estimate of drug-likeness (QED) is 0.651. The average molecular weight is 337 g/mol. The van der Waals surface area contributed by atoms with E-state index in [2.05, 4.69) is 62.4 Å². The van der Waals surface area contributed by atoms with Crippen LogP contribution in [0.15, 0.2) is 54.1 Å². The normalized spacial score (nSPS) is 39.7. The predicted molar refractivity (Wildman–Crippen MR) is 107 cm³/mol.